The number of rotatable bonds is 0. The topological polar surface area (TPSA) is 0 Å². The van der Waals surface area contributed by atoms with Gasteiger partial charge in [-0.1, -0.05) is 0 Å². The van der Waals surface area contributed by atoms with Crippen molar-refractivity contribution in [1.82, 2.24) is 0 Å². The van der Waals surface area contributed by atoms with E-state index in [1.807, 2.05) is 0 Å². The molecule has 0 aromatic heterocycles. The van der Waals surface area contributed by atoms with Crippen molar-refractivity contribution in [3.05, 3.63) is 0 Å². The summed E-state index contributed by atoms with van der Waals surface area (Å²) in [4.78, 5) is 4.59. The first-order valence-corrected chi connectivity index (χ1v) is 6.71. The van der Waals surface area contributed by atoms with Crippen molar-refractivity contribution in [3.63, 3.8) is 0 Å². The fourth-order valence-corrected chi connectivity index (χ4v) is 0. The third-order valence-corrected chi connectivity index (χ3v) is 0. The van der Waals surface area contributed by atoms with Crippen LogP contribution >= 0.6 is 0 Å². The van der Waals surface area contributed by atoms with Gasteiger partial charge in [0.1, 0.15) is 0 Å². The Hall–Kier alpha value is 1.67. The zero-order valence-corrected chi connectivity index (χ0v) is 9.45. The predicted octanol–water partition coefficient (Wildman–Crippen LogP) is 0.784. The van der Waals surface area contributed by atoms with E-state index in [-0.39, 0.29) is 47.0 Å². The molecule has 0 bridgehead atoms. The van der Waals surface area contributed by atoms with Crippen LogP contribution in [-0.4, -0.2) is 21.1 Å². The van der Waals surface area contributed by atoms with Crippen molar-refractivity contribution in [1.29, 1.82) is 0 Å². The average Bonchev–Trinajstić information content (AvgIpc) is 0.918. The van der Waals surface area contributed by atoms with Crippen molar-refractivity contribution in [2.24, 2.45) is 0 Å². The fourth-order valence-electron chi connectivity index (χ4n) is 0. The first-order chi connectivity index (χ1) is 1.41. The van der Waals surface area contributed by atoms with Crippen LogP contribution in [0.1, 0.15) is 0 Å². The summed E-state index contributed by atoms with van der Waals surface area (Å²) in [7, 11) is 0. The minimum atomic E-state index is 0. The van der Waals surface area contributed by atoms with Crippen molar-refractivity contribution in [2.45, 2.75) is 9.88 Å². The molecular weight excluding hydrogens is 321 g/mol. The molecule has 4 heavy (non-hydrogen) atoms. The molecule has 2 radical (unpaired) electrons. The van der Waals surface area contributed by atoms with E-state index >= 15 is 0 Å². The van der Waals surface area contributed by atoms with Crippen LogP contribution < -0.4 is 0 Å². The average molecular weight is 327 g/mol. The molecule has 2 heteroatoms. The Bertz CT molecular complexity index is 6.00. The third kappa shape index (κ3) is 9.38. The Morgan fingerprint density at radius 1 is 1.25 bits per heavy atom. The van der Waals surface area contributed by atoms with E-state index < -0.39 is 0 Å². The smallest absolute Gasteiger partial charge is 0 e. The zero-order chi connectivity index (χ0) is 2.71. The molecule has 0 fully saturated rings. The Balaban J connectivity index is 0. The van der Waals surface area contributed by atoms with Crippen molar-refractivity contribution < 1.29 is 25.8 Å². The summed E-state index contributed by atoms with van der Waals surface area (Å²) < 4.78 is 0. The van der Waals surface area contributed by atoms with Crippen molar-refractivity contribution in [2.75, 3.05) is 0 Å². The molecule has 0 nitrogen and oxygen atoms in total. The molecule has 0 rings (SSSR count). The molecular formula is C2H6HfSn. The molecule has 0 aliphatic heterocycles. The van der Waals surface area contributed by atoms with Gasteiger partial charge in [-0.3, -0.25) is 0 Å². The Labute approximate surface area is 56.4 Å². The Morgan fingerprint density at radius 3 is 1.25 bits per heavy atom. The first-order valence-electron chi connectivity index (χ1n) is 1.00. The SMILES string of the molecule is [CH3][Sn][CH3].[Hf]. The fraction of sp³-hybridized carbons (Fsp3) is 1.00. The summed E-state index contributed by atoms with van der Waals surface area (Å²) >= 11 is 0.230. The van der Waals surface area contributed by atoms with E-state index in [2.05, 4.69) is 9.88 Å². The summed E-state index contributed by atoms with van der Waals surface area (Å²) in [5.41, 5.74) is 0. The summed E-state index contributed by atoms with van der Waals surface area (Å²) in [6.07, 6.45) is 0. The van der Waals surface area contributed by atoms with Gasteiger partial charge in [0.2, 0.25) is 0 Å². The van der Waals surface area contributed by atoms with Gasteiger partial charge in [-0.15, -0.1) is 0 Å². The van der Waals surface area contributed by atoms with Gasteiger partial charge < -0.3 is 0 Å². The normalized spacial score (nSPS) is 4.50. The Morgan fingerprint density at radius 2 is 1.25 bits per heavy atom. The maximum atomic E-state index is 2.30. The van der Waals surface area contributed by atoms with Gasteiger partial charge in [-0.2, -0.15) is 0 Å². The largest absolute Gasteiger partial charge is 0 e. The third-order valence-electron chi connectivity index (χ3n) is 0. The molecule has 0 atom stereocenters. The second kappa shape index (κ2) is 8.82. The second-order valence-electron chi connectivity index (χ2n) is 0.500. The summed E-state index contributed by atoms with van der Waals surface area (Å²) in [5.74, 6) is 0. The number of hydrogen-bond donors (Lipinski definition) is 0. The maximum Gasteiger partial charge on any atom is 0 e. The minimum Gasteiger partial charge on any atom is 0 e. The van der Waals surface area contributed by atoms with Crippen LogP contribution in [-0.2, 0) is 25.8 Å². The number of hydrogen-bond acceptors (Lipinski definition) is 0. The second-order valence-corrected chi connectivity index (χ2v) is 3.35. The van der Waals surface area contributed by atoms with Gasteiger partial charge in [0.05, 0.1) is 0 Å². The van der Waals surface area contributed by atoms with E-state index in [0.29, 0.717) is 0 Å². The molecule has 0 aliphatic carbocycles. The molecule has 0 amide bonds. The first kappa shape index (κ1) is 9.18. The molecule has 0 saturated heterocycles. The van der Waals surface area contributed by atoms with Gasteiger partial charge in [-0.05, 0) is 0 Å². The van der Waals surface area contributed by atoms with Gasteiger partial charge in [-0.25, -0.2) is 0 Å². The quantitative estimate of drug-likeness (QED) is 0.577. The van der Waals surface area contributed by atoms with Crippen LogP contribution in [0.3, 0.4) is 0 Å². The molecule has 0 aromatic rings. The van der Waals surface area contributed by atoms with Crippen LogP contribution in [0.5, 0.6) is 0 Å². The molecule has 0 saturated carbocycles. The molecule has 0 aliphatic rings. The van der Waals surface area contributed by atoms with E-state index in [1.165, 1.54) is 0 Å². The minimum absolute atomic E-state index is 0. The van der Waals surface area contributed by atoms with E-state index in [9.17, 15) is 0 Å². The molecule has 22 valence electrons. The summed E-state index contributed by atoms with van der Waals surface area (Å²) in [6.45, 7) is 0. The van der Waals surface area contributed by atoms with Crippen LogP contribution in [0.25, 0.3) is 0 Å². The van der Waals surface area contributed by atoms with Gasteiger partial charge in [0.15, 0.2) is 0 Å². The Kier molecular flexibility index (Phi) is 20.2. The molecule has 0 heterocycles. The van der Waals surface area contributed by atoms with E-state index in [4.69, 9.17) is 0 Å². The van der Waals surface area contributed by atoms with Gasteiger partial charge in [0.25, 0.3) is 0 Å². The van der Waals surface area contributed by atoms with Gasteiger partial charge in [0, 0.05) is 25.8 Å². The molecule has 0 unspecified atom stereocenters. The van der Waals surface area contributed by atoms with Crippen LogP contribution in [0.15, 0.2) is 0 Å². The van der Waals surface area contributed by atoms with Crippen molar-refractivity contribution >= 4 is 21.1 Å². The standard InChI is InChI=1S/2CH3.Hf.Sn/h2*1H3;;. The monoisotopic (exact) mass is 330 g/mol. The molecule has 0 spiro atoms. The molecule has 0 N–H and O–H groups in total. The van der Waals surface area contributed by atoms with Crippen molar-refractivity contribution in [3.8, 4) is 0 Å². The van der Waals surface area contributed by atoms with E-state index in [1.54, 1.807) is 0 Å². The summed E-state index contributed by atoms with van der Waals surface area (Å²) in [5, 5.41) is 0. The summed E-state index contributed by atoms with van der Waals surface area (Å²) in [6, 6.07) is 0. The van der Waals surface area contributed by atoms with E-state index in [0.717, 1.165) is 0 Å². The maximum absolute atomic E-state index is 2.30. The van der Waals surface area contributed by atoms with Gasteiger partial charge >= 0.3 is 31.0 Å². The predicted molar refractivity (Wildman–Crippen MR) is 17.5 cm³/mol. The molecule has 0 aromatic carbocycles. The van der Waals surface area contributed by atoms with Crippen LogP contribution in [0, 0.1) is 0 Å². The van der Waals surface area contributed by atoms with Crippen LogP contribution in [0.2, 0.25) is 9.88 Å². The van der Waals surface area contributed by atoms with Crippen LogP contribution in [0.4, 0.5) is 0 Å². The zero-order valence-electron chi connectivity index (χ0n) is 3.00.